The number of aromatic nitrogens is 4. The minimum Gasteiger partial charge on any atom is -0.309 e. The van der Waals surface area contributed by atoms with Crippen LogP contribution in [0.15, 0.2) is 194 Å². The van der Waals surface area contributed by atoms with E-state index in [4.69, 9.17) is 15.0 Å². The maximum absolute atomic E-state index is 5.17. The van der Waals surface area contributed by atoms with Crippen LogP contribution in [0.25, 0.3) is 104 Å². The first kappa shape index (κ1) is 32.2. The van der Waals surface area contributed by atoms with Crippen LogP contribution in [0.3, 0.4) is 0 Å². The molecule has 0 atom stereocenters. The highest BCUT2D eigenvalue weighted by molar-refractivity contribution is 7.26. The third-order valence-electron chi connectivity index (χ3n) is 10.6. The predicted octanol–water partition coefficient (Wildman–Crippen LogP) is 13.7. The highest BCUT2D eigenvalue weighted by Crippen LogP contribution is 2.46. The molecule has 0 saturated carbocycles. The van der Waals surface area contributed by atoms with Gasteiger partial charge in [0.25, 0.3) is 0 Å². The summed E-state index contributed by atoms with van der Waals surface area (Å²) in [6.45, 7) is 0. The minimum atomic E-state index is 0.652. The van der Waals surface area contributed by atoms with Crippen molar-refractivity contribution in [2.45, 2.75) is 0 Å². The molecule has 0 fully saturated rings. The molecule has 262 valence electrons. The fourth-order valence-electron chi connectivity index (χ4n) is 8.05. The summed E-state index contributed by atoms with van der Waals surface area (Å²) in [7, 11) is 0. The van der Waals surface area contributed by atoms with E-state index in [0.29, 0.717) is 17.5 Å². The van der Waals surface area contributed by atoms with Gasteiger partial charge in [0.15, 0.2) is 17.5 Å². The lowest BCUT2D eigenvalue weighted by molar-refractivity contribution is 1.08. The smallest absolute Gasteiger partial charge is 0.164 e. The monoisotopic (exact) mass is 732 g/mol. The van der Waals surface area contributed by atoms with E-state index in [0.717, 1.165) is 33.3 Å². The van der Waals surface area contributed by atoms with Crippen molar-refractivity contribution in [1.29, 1.82) is 0 Å². The van der Waals surface area contributed by atoms with Crippen molar-refractivity contribution >= 4 is 53.3 Å². The summed E-state index contributed by atoms with van der Waals surface area (Å²) >= 11 is 1.83. The van der Waals surface area contributed by atoms with E-state index in [-0.39, 0.29) is 0 Å². The number of rotatable bonds is 6. The average molecular weight is 733 g/mol. The first-order valence-electron chi connectivity index (χ1n) is 18.8. The standard InChI is InChI=1S/C51H32N4S/c1-5-16-33(17-6-1)41-31-37(36-28-29-45-42(30-36)39-24-13-14-26-44(39)55(45)38-22-11-4-12-23-38)32-43-47-40(25-15-27-46(47)56-48(41)43)51-53-49(34-18-7-2-8-19-34)52-50(54-51)35-20-9-3-10-21-35/h1-32H. The van der Waals surface area contributed by atoms with Crippen molar-refractivity contribution in [2.75, 3.05) is 0 Å². The maximum Gasteiger partial charge on any atom is 0.164 e. The Bertz CT molecular complexity index is 3170. The minimum absolute atomic E-state index is 0.652. The van der Waals surface area contributed by atoms with Gasteiger partial charge in [-0.15, -0.1) is 11.3 Å². The molecule has 3 heterocycles. The van der Waals surface area contributed by atoms with Crippen LogP contribution in [0.2, 0.25) is 0 Å². The zero-order chi connectivity index (χ0) is 37.0. The van der Waals surface area contributed by atoms with Gasteiger partial charge in [-0.25, -0.2) is 15.0 Å². The molecule has 5 heteroatoms. The van der Waals surface area contributed by atoms with Crippen molar-refractivity contribution in [1.82, 2.24) is 19.5 Å². The van der Waals surface area contributed by atoms with E-state index in [2.05, 4.69) is 162 Å². The maximum atomic E-state index is 5.17. The molecule has 0 radical (unpaired) electrons. The highest BCUT2D eigenvalue weighted by Gasteiger charge is 2.20. The molecule has 0 saturated heterocycles. The molecule has 4 nitrogen and oxygen atoms in total. The Labute approximate surface area is 327 Å². The van der Waals surface area contributed by atoms with Gasteiger partial charge in [-0.2, -0.15) is 0 Å². The normalized spacial score (nSPS) is 11.6. The average Bonchev–Trinajstić information content (AvgIpc) is 3.83. The SMILES string of the molecule is c1ccc(-c2nc(-c3ccccc3)nc(-c3cccc4sc5c(-c6ccccc6)cc(-c6ccc7c(c6)c6ccccc6n7-c6ccccc6)cc5c34)n2)cc1. The molecule has 11 rings (SSSR count). The molecule has 0 amide bonds. The topological polar surface area (TPSA) is 43.6 Å². The lowest BCUT2D eigenvalue weighted by atomic mass is 9.94. The van der Waals surface area contributed by atoms with Gasteiger partial charge in [0.05, 0.1) is 11.0 Å². The molecule has 0 aliphatic rings. The van der Waals surface area contributed by atoms with Crippen LogP contribution in [0.4, 0.5) is 0 Å². The lowest BCUT2D eigenvalue weighted by Crippen LogP contribution is -2.00. The second kappa shape index (κ2) is 13.3. The third-order valence-corrected chi connectivity index (χ3v) is 11.8. The zero-order valence-electron chi connectivity index (χ0n) is 30.2. The van der Waals surface area contributed by atoms with Crippen LogP contribution in [-0.2, 0) is 0 Å². The number of hydrogen-bond donors (Lipinski definition) is 0. The summed E-state index contributed by atoms with van der Waals surface area (Å²) in [5, 5.41) is 4.80. The molecule has 0 bridgehead atoms. The fourth-order valence-corrected chi connectivity index (χ4v) is 9.30. The molecule has 0 aliphatic heterocycles. The van der Waals surface area contributed by atoms with Gasteiger partial charge in [0, 0.05) is 58.9 Å². The number of benzene rings is 8. The van der Waals surface area contributed by atoms with Crippen molar-refractivity contribution < 1.29 is 0 Å². The van der Waals surface area contributed by atoms with E-state index in [1.165, 1.54) is 53.3 Å². The third kappa shape index (κ3) is 5.40. The van der Waals surface area contributed by atoms with Gasteiger partial charge in [0.1, 0.15) is 0 Å². The van der Waals surface area contributed by atoms with Crippen LogP contribution in [-0.4, -0.2) is 19.5 Å². The Balaban J connectivity index is 1.17. The molecule has 3 aromatic heterocycles. The quantitative estimate of drug-likeness (QED) is 0.171. The molecule has 11 aromatic rings. The van der Waals surface area contributed by atoms with Crippen molar-refractivity contribution in [3.63, 3.8) is 0 Å². The van der Waals surface area contributed by atoms with Crippen molar-refractivity contribution in [3.8, 4) is 62.1 Å². The summed E-state index contributed by atoms with van der Waals surface area (Å²) in [5.74, 6) is 1.96. The number of para-hydroxylation sites is 2. The number of fused-ring (bicyclic) bond motifs is 6. The second-order valence-corrected chi connectivity index (χ2v) is 15.1. The van der Waals surface area contributed by atoms with Crippen molar-refractivity contribution in [3.05, 3.63) is 194 Å². The van der Waals surface area contributed by atoms with Crippen LogP contribution in [0.1, 0.15) is 0 Å². The van der Waals surface area contributed by atoms with E-state index < -0.39 is 0 Å². The van der Waals surface area contributed by atoms with Crippen LogP contribution in [0.5, 0.6) is 0 Å². The summed E-state index contributed by atoms with van der Waals surface area (Å²) in [4.78, 5) is 15.3. The van der Waals surface area contributed by atoms with E-state index in [1.54, 1.807) is 0 Å². The molecule has 0 aliphatic carbocycles. The molecule has 0 spiro atoms. The van der Waals surface area contributed by atoms with Gasteiger partial charge >= 0.3 is 0 Å². The molecular weight excluding hydrogens is 701 g/mol. The molecule has 8 aromatic carbocycles. The summed E-state index contributed by atoms with van der Waals surface area (Å²) in [6, 6.07) is 68.6. The number of nitrogens with zero attached hydrogens (tertiary/aromatic N) is 4. The van der Waals surface area contributed by atoms with Crippen LogP contribution >= 0.6 is 11.3 Å². The Hall–Kier alpha value is -7.21. The Morgan fingerprint density at radius 2 is 0.929 bits per heavy atom. The summed E-state index contributed by atoms with van der Waals surface area (Å²) in [5.41, 5.74) is 11.2. The van der Waals surface area contributed by atoms with Gasteiger partial charge in [-0.05, 0) is 65.2 Å². The first-order valence-corrected chi connectivity index (χ1v) is 19.6. The van der Waals surface area contributed by atoms with E-state index >= 15 is 0 Å². The van der Waals surface area contributed by atoms with E-state index in [1.807, 2.05) is 47.7 Å². The second-order valence-electron chi connectivity index (χ2n) is 14.0. The van der Waals surface area contributed by atoms with Gasteiger partial charge in [-0.1, -0.05) is 146 Å². The summed E-state index contributed by atoms with van der Waals surface area (Å²) < 4.78 is 4.80. The molecular formula is C51H32N4S. The number of thiophene rings is 1. The van der Waals surface area contributed by atoms with Crippen LogP contribution < -0.4 is 0 Å². The van der Waals surface area contributed by atoms with Gasteiger partial charge in [-0.3, -0.25) is 0 Å². The van der Waals surface area contributed by atoms with Crippen LogP contribution in [0, 0.1) is 0 Å². The molecule has 56 heavy (non-hydrogen) atoms. The van der Waals surface area contributed by atoms with Crippen molar-refractivity contribution in [2.24, 2.45) is 0 Å². The molecule has 0 unspecified atom stereocenters. The largest absolute Gasteiger partial charge is 0.309 e. The predicted molar refractivity (Wildman–Crippen MR) is 234 cm³/mol. The lowest BCUT2D eigenvalue weighted by Gasteiger charge is -2.12. The summed E-state index contributed by atoms with van der Waals surface area (Å²) in [6.07, 6.45) is 0. The van der Waals surface area contributed by atoms with Gasteiger partial charge < -0.3 is 4.57 Å². The molecule has 0 N–H and O–H groups in total. The van der Waals surface area contributed by atoms with E-state index in [9.17, 15) is 0 Å². The Morgan fingerprint density at radius 3 is 1.62 bits per heavy atom. The Morgan fingerprint density at radius 1 is 0.357 bits per heavy atom. The van der Waals surface area contributed by atoms with Gasteiger partial charge in [0.2, 0.25) is 0 Å². The Kier molecular flexibility index (Phi) is 7.64. The zero-order valence-corrected chi connectivity index (χ0v) is 31.0. The number of hydrogen-bond acceptors (Lipinski definition) is 4. The first-order chi connectivity index (χ1) is 27.8. The highest BCUT2D eigenvalue weighted by atomic mass is 32.1. The fraction of sp³-hybridized carbons (Fsp3) is 0.